The molecule has 6 nitrogen and oxygen atoms in total. The fraction of sp³-hybridized carbons (Fsp3) is 0.316. The third kappa shape index (κ3) is 5.38. The van der Waals surface area contributed by atoms with Crippen LogP contribution >= 0.6 is 23.2 Å². The first-order chi connectivity index (χ1) is 13.0. The van der Waals surface area contributed by atoms with Gasteiger partial charge < -0.3 is 10.1 Å². The summed E-state index contributed by atoms with van der Waals surface area (Å²) < 4.78 is 32.5. The van der Waals surface area contributed by atoms with Crippen molar-refractivity contribution in [3.63, 3.8) is 0 Å². The van der Waals surface area contributed by atoms with Crippen LogP contribution in [0.25, 0.3) is 0 Å². The Morgan fingerprint density at radius 1 is 1.04 bits per heavy atom. The van der Waals surface area contributed by atoms with Crippen LogP contribution < -0.4 is 14.8 Å². The van der Waals surface area contributed by atoms with Crippen LogP contribution in [-0.2, 0) is 14.8 Å². The highest BCUT2D eigenvalue weighted by atomic mass is 35.5. The fourth-order valence-electron chi connectivity index (χ4n) is 2.59. The molecule has 0 aliphatic heterocycles. The molecular weight excluding hydrogens is 423 g/mol. The zero-order valence-electron chi connectivity index (χ0n) is 16.0. The van der Waals surface area contributed by atoms with Crippen molar-refractivity contribution in [3.05, 3.63) is 51.0 Å². The van der Waals surface area contributed by atoms with E-state index in [1.165, 1.54) is 19.2 Å². The monoisotopic (exact) mass is 444 g/mol. The van der Waals surface area contributed by atoms with Crippen molar-refractivity contribution in [2.45, 2.75) is 32.1 Å². The molecular formula is C19H22Cl2N2O4S. The third-order valence-electron chi connectivity index (χ3n) is 4.12. The van der Waals surface area contributed by atoms with Crippen molar-refractivity contribution in [2.75, 3.05) is 19.0 Å². The highest BCUT2D eigenvalue weighted by Gasteiger charge is 2.17. The fourth-order valence-corrected chi connectivity index (χ4v) is 4.05. The predicted octanol–water partition coefficient (Wildman–Crippen LogP) is 4.23. The maximum Gasteiger partial charge on any atom is 0.240 e. The number of hydrogen-bond acceptors (Lipinski definition) is 4. The molecule has 152 valence electrons. The number of methoxy groups -OCH3 is 1. The number of hydrogen-bond donors (Lipinski definition) is 2. The molecule has 0 aliphatic carbocycles. The van der Waals surface area contributed by atoms with Gasteiger partial charge in [0, 0.05) is 29.1 Å². The number of rotatable bonds is 7. The molecule has 0 atom stereocenters. The van der Waals surface area contributed by atoms with E-state index in [9.17, 15) is 13.2 Å². The van der Waals surface area contributed by atoms with Gasteiger partial charge in [0.1, 0.15) is 5.75 Å². The standard InChI is InChI=1S/C19H22Cl2N2O4S/c1-11-9-16(17(27-4)10-15(11)20)23-18(24)5-6-22-28(25,26)14-7-12(2)19(21)13(3)8-14/h7-10,22H,5-6H2,1-4H3,(H,23,24). The number of amides is 1. The lowest BCUT2D eigenvalue weighted by Gasteiger charge is -2.13. The number of benzene rings is 2. The Labute approximate surface area is 175 Å². The molecule has 0 fully saturated rings. The zero-order chi connectivity index (χ0) is 21.1. The van der Waals surface area contributed by atoms with Crippen LogP contribution in [-0.4, -0.2) is 28.0 Å². The summed E-state index contributed by atoms with van der Waals surface area (Å²) in [6.07, 6.45) is -0.0460. The van der Waals surface area contributed by atoms with Crippen molar-refractivity contribution < 1.29 is 17.9 Å². The lowest BCUT2D eigenvalue weighted by atomic mass is 10.2. The van der Waals surface area contributed by atoms with Gasteiger partial charge in [0.2, 0.25) is 15.9 Å². The summed E-state index contributed by atoms with van der Waals surface area (Å²) >= 11 is 12.1. The molecule has 2 aromatic carbocycles. The van der Waals surface area contributed by atoms with Crippen molar-refractivity contribution in [2.24, 2.45) is 0 Å². The summed E-state index contributed by atoms with van der Waals surface area (Å²) in [5.74, 6) is 0.0721. The molecule has 0 saturated carbocycles. The van der Waals surface area contributed by atoms with Gasteiger partial charge in [-0.15, -0.1) is 0 Å². The molecule has 0 bridgehead atoms. The molecule has 0 heterocycles. The molecule has 0 radical (unpaired) electrons. The molecule has 0 unspecified atom stereocenters. The molecule has 0 saturated heterocycles. The minimum absolute atomic E-state index is 0.0460. The Hall–Kier alpha value is -1.80. The minimum Gasteiger partial charge on any atom is -0.495 e. The first-order valence-electron chi connectivity index (χ1n) is 8.45. The topological polar surface area (TPSA) is 84.5 Å². The molecule has 2 rings (SSSR count). The van der Waals surface area contributed by atoms with Crippen LogP contribution in [0.15, 0.2) is 29.2 Å². The van der Waals surface area contributed by atoms with E-state index in [-0.39, 0.29) is 23.8 Å². The van der Waals surface area contributed by atoms with Crippen molar-refractivity contribution in [1.29, 1.82) is 0 Å². The van der Waals surface area contributed by atoms with Gasteiger partial charge in [0.25, 0.3) is 0 Å². The second-order valence-corrected chi connectivity index (χ2v) is 8.92. The molecule has 0 aliphatic rings. The van der Waals surface area contributed by atoms with Crippen LogP contribution in [0.2, 0.25) is 10.0 Å². The van der Waals surface area contributed by atoms with E-state index in [4.69, 9.17) is 27.9 Å². The quantitative estimate of drug-likeness (QED) is 0.668. The highest BCUT2D eigenvalue weighted by molar-refractivity contribution is 7.89. The number of anilines is 1. The second kappa shape index (κ2) is 9.13. The van der Waals surface area contributed by atoms with Gasteiger partial charge >= 0.3 is 0 Å². The van der Waals surface area contributed by atoms with E-state index in [1.807, 2.05) is 6.92 Å². The molecule has 2 aromatic rings. The number of carbonyl (C=O) groups is 1. The number of aryl methyl sites for hydroxylation is 3. The van der Waals surface area contributed by atoms with E-state index >= 15 is 0 Å². The average molecular weight is 445 g/mol. The van der Waals surface area contributed by atoms with E-state index in [0.29, 0.717) is 32.6 Å². The van der Waals surface area contributed by atoms with E-state index in [0.717, 1.165) is 5.56 Å². The Morgan fingerprint density at radius 3 is 2.21 bits per heavy atom. The lowest BCUT2D eigenvalue weighted by Crippen LogP contribution is -2.28. The van der Waals surface area contributed by atoms with Gasteiger partial charge in [-0.2, -0.15) is 0 Å². The Bertz CT molecular complexity index is 984. The zero-order valence-corrected chi connectivity index (χ0v) is 18.3. The van der Waals surface area contributed by atoms with Crippen LogP contribution in [0, 0.1) is 20.8 Å². The van der Waals surface area contributed by atoms with Gasteiger partial charge in [-0.25, -0.2) is 13.1 Å². The number of ether oxygens (including phenoxy) is 1. The highest BCUT2D eigenvalue weighted by Crippen LogP contribution is 2.31. The van der Waals surface area contributed by atoms with E-state index in [2.05, 4.69) is 10.0 Å². The minimum atomic E-state index is -3.75. The Balaban J connectivity index is 2.01. The van der Waals surface area contributed by atoms with Crippen LogP contribution in [0.3, 0.4) is 0 Å². The van der Waals surface area contributed by atoms with Crippen molar-refractivity contribution in [1.82, 2.24) is 4.72 Å². The van der Waals surface area contributed by atoms with Crippen LogP contribution in [0.4, 0.5) is 5.69 Å². The van der Waals surface area contributed by atoms with Crippen LogP contribution in [0.1, 0.15) is 23.1 Å². The lowest BCUT2D eigenvalue weighted by molar-refractivity contribution is -0.116. The summed E-state index contributed by atoms with van der Waals surface area (Å²) in [5, 5.41) is 3.76. The van der Waals surface area contributed by atoms with Gasteiger partial charge in [0.15, 0.2) is 0 Å². The average Bonchev–Trinajstić information content (AvgIpc) is 2.61. The number of sulfonamides is 1. The molecule has 9 heteroatoms. The first-order valence-corrected chi connectivity index (χ1v) is 10.7. The molecule has 0 aromatic heterocycles. The summed E-state index contributed by atoms with van der Waals surface area (Å²) in [5.41, 5.74) is 2.60. The van der Waals surface area contributed by atoms with Crippen molar-refractivity contribution in [3.8, 4) is 5.75 Å². The number of halogens is 2. The van der Waals surface area contributed by atoms with Gasteiger partial charge in [-0.05, 0) is 55.7 Å². The maximum atomic E-state index is 12.4. The van der Waals surface area contributed by atoms with Gasteiger partial charge in [0.05, 0.1) is 17.7 Å². The Kier molecular flexibility index (Phi) is 7.33. The largest absolute Gasteiger partial charge is 0.495 e. The molecule has 1 amide bonds. The first kappa shape index (κ1) is 22.5. The normalized spacial score (nSPS) is 11.4. The van der Waals surface area contributed by atoms with Gasteiger partial charge in [-0.3, -0.25) is 4.79 Å². The predicted molar refractivity (Wildman–Crippen MR) is 112 cm³/mol. The van der Waals surface area contributed by atoms with E-state index in [1.54, 1.807) is 26.0 Å². The van der Waals surface area contributed by atoms with E-state index < -0.39 is 10.0 Å². The number of nitrogens with one attached hydrogen (secondary N) is 2. The SMILES string of the molecule is COc1cc(Cl)c(C)cc1NC(=O)CCNS(=O)(=O)c1cc(C)c(Cl)c(C)c1. The second-order valence-electron chi connectivity index (χ2n) is 6.37. The van der Waals surface area contributed by atoms with Crippen molar-refractivity contribution >= 4 is 44.8 Å². The Morgan fingerprint density at radius 2 is 1.64 bits per heavy atom. The van der Waals surface area contributed by atoms with Gasteiger partial charge in [-0.1, -0.05) is 23.2 Å². The van der Waals surface area contributed by atoms with Crippen LogP contribution in [0.5, 0.6) is 5.75 Å². The number of carbonyl (C=O) groups excluding carboxylic acids is 1. The molecule has 0 spiro atoms. The molecule has 2 N–H and O–H groups in total. The maximum absolute atomic E-state index is 12.4. The summed E-state index contributed by atoms with van der Waals surface area (Å²) in [6, 6.07) is 6.31. The summed E-state index contributed by atoms with van der Waals surface area (Å²) in [6.45, 7) is 5.23. The summed E-state index contributed by atoms with van der Waals surface area (Å²) in [7, 11) is -2.27. The third-order valence-corrected chi connectivity index (χ3v) is 6.56. The summed E-state index contributed by atoms with van der Waals surface area (Å²) in [4.78, 5) is 12.3. The molecule has 28 heavy (non-hydrogen) atoms. The smallest absolute Gasteiger partial charge is 0.240 e.